The van der Waals surface area contributed by atoms with Crippen LogP contribution in [0.1, 0.15) is 0 Å². The fourth-order valence-electron chi connectivity index (χ4n) is 2.53. The van der Waals surface area contributed by atoms with Crippen LogP contribution < -0.4 is 0 Å². The average Bonchev–Trinajstić information content (AvgIpc) is 2.79. The van der Waals surface area contributed by atoms with Gasteiger partial charge in [-0.15, -0.1) is 0 Å². The highest BCUT2D eigenvalue weighted by atomic mass is 79.9. The minimum atomic E-state index is 0.776. The zero-order chi connectivity index (χ0) is 12.1. The average molecular weight is 297 g/mol. The van der Waals surface area contributed by atoms with Crippen molar-refractivity contribution in [3.63, 3.8) is 0 Å². The number of aromatic amines is 1. The molecule has 1 aromatic heterocycles. The van der Waals surface area contributed by atoms with Gasteiger partial charge in [-0.3, -0.25) is 0 Å². The summed E-state index contributed by atoms with van der Waals surface area (Å²) in [5, 5.41) is 4.97. The molecule has 0 aliphatic carbocycles. The number of hydrogen-bond donors (Lipinski definition) is 1. The molecule has 0 unspecified atom stereocenters. The number of aromatic nitrogens is 2. The summed E-state index contributed by atoms with van der Waals surface area (Å²) in [6.07, 6.45) is 0. The molecule has 0 saturated heterocycles. The van der Waals surface area contributed by atoms with Crippen LogP contribution in [-0.4, -0.2) is 9.97 Å². The molecule has 0 aliphatic heterocycles. The van der Waals surface area contributed by atoms with Gasteiger partial charge in [0.2, 0.25) is 0 Å². The number of nitrogens with zero attached hydrogens (tertiary/aromatic N) is 1. The molecule has 86 valence electrons. The maximum absolute atomic E-state index is 4.51. The summed E-state index contributed by atoms with van der Waals surface area (Å²) in [5.74, 6) is 0. The van der Waals surface area contributed by atoms with E-state index < -0.39 is 0 Å². The molecular formula is C15H9BrN2. The molecule has 0 radical (unpaired) electrons. The summed E-state index contributed by atoms with van der Waals surface area (Å²) in [5.41, 5.74) is 2.08. The number of benzene rings is 3. The van der Waals surface area contributed by atoms with Crippen LogP contribution in [-0.2, 0) is 0 Å². The van der Waals surface area contributed by atoms with Crippen LogP contribution in [0.3, 0.4) is 0 Å². The molecule has 0 saturated carbocycles. The smallest absolute Gasteiger partial charge is 0.175 e. The largest absolute Gasteiger partial charge is 0.332 e. The Balaban J connectivity index is 2.30. The molecule has 4 rings (SSSR count). The van der Waals surface area contributed by atoms with E-state index in [2.05, 4.69) is 74.4 Å². The zero-order valence-electron chi connectivity index (χ0n) is 9.44. The van der Waals surface area contributed by atoms with Crippen molar-refractivity contribution in [1.29, 1.82) is 0 Å². The third-order valence-electron chi connectivity index (χ3n) is 3.35. The summed E-state index contributed by atoms with van der Waals surface area (Å²) >= 11 is 3.39. The van der Waals surface area contributed by atoms with E-state index in [1.54, 1.807) is 0 Å². The minimum absolute atomic E-state index is 0.776. The number of rotatable bonds is 0. The lowest BCUT2D eigenvalue weighted by Crippen LogP contribution is -1.79. The number of halogens is 1. The van der Waals surface area contributed by atoms with Gasteiger partial charge in [-0.25, -0.2) is 4.98 Å². The predicted octanol–water partition coefficient (Wildman–Crippen LogP) is 4.63. The first-order chi connectivity index (χ1) is 8.83. The molecular weight excluding hydrogens is 288 g/mol. The Morgan fingerprint density at radius 2 is 1.67 bits per heavy atom. The van der Waals surface area contributed by atoms with Crippen LogP contribution in [0, 0.1) is 0 Å². The van der Waals surface area contributed by atoms with Crippen LogP contribution >= 0.6 is 15.9 Å². The highest BCUT2D eigenvalue weighted by Crippen LogP contribution is 2.30. The maximum Gasteiger partial charge on any atom is 0.175 e. The third-order valence-corrected chi connectivity index (χ3v) is 3.72. The van der Waals surface area contributed by atoms with Crippen molar-refractivity contribution < 1.29 is 0 Å². The predicted molar refractivity (Wildman–Crippen MR) is 78.8 cm³/mol. The van der Waals surface area contributed by atoms with Crippen molar-refractivity contribution in [2.75, 3.05) is 0 Å². The number of H-pyrrole nitrogens is 1. The van der Waals surface area contributed by atoms with E-state index in [9.17, 15) is 0 Å². The lowest BCUT2D eigenvalue weighted by atomic mass is 10.0. The molecule has 2 nitrogen and oxygen atoms in total. The van der Waals surface area contributed by atoms with Crippen LogP contribution in [0.5, 0.6) is 0 Å². The quantitative estimate of drug-likeness (QED) is 0.471. The molecule has 18 heavy (non-hydrogen) atoms. The Morgan fingerprint density at radius 3 is 2.61 bits per heavy atom. The molecule has 1 N–H and O–H groups in total. The van der Waals surface area contributed by atoms with Gasteiger partial charge < -0.3 is 4.98 Å². The van der Waals surface area contributed by atoms with Crippen molar-refractivity contribution >= 4 is 48.5 Å². The van der Waals surface area contributed by atoms with Crippen molar-refractivity contribution in [3.8, 4) is 0 Å². The highest BCUT2D eigenvalue weighted by Gasteiger charge is 2.07. The Kier molecular flexibility index (Phi) is 2.00. The standard InChI is InChI=1S/C15H9BrN2/c16-15-17-13-8-7-11-10-4-2-1-3-9(10)5-6-12(11)14(13)18-15/h1-8H,(H,17,18). The van der Waals surface area contributed by atoms with Gasteiger partial charge in [0, 0.05) is 5.39 Å². The number of imidazole rings is 1. The normalized spacial score (nSPS) is 11.6. The lowest BCUT2D eigenvalue weighted by Gasteiger charge is -2.03. The molecule has 0 aliphatic rings. The maximum atomic E-state index is 4.51. The van der Waals surface area contributed by atoms with Gasteiger partial charge in [0.25, 0.3) is 0 Å². The highest BCUT2D eigenvalue weighted by molar-refractivity contribution is 9.10. The van der Waals surface area contributed by atoms with Crippen LogP contribution in [0.25, 0.3) is 32.6 Å². The van der Waals surface area contributed by atoms with Crippen LogP contribution in [0.2, 0.25) is 0 Å². The summed E-state index contributed by atoms with van der Waals surface area (Å²) in [6.45, 7) is 0. The van der Waals surface area contributed by atoms with Crippen molar-refractivity contribution in [2.45, 2.75) is 0 Å². The van der Waals surface area contributed by atoms with Gasteiger partial charge in [-0.2, -0.15) is 0 Å². The first-order valence-electron chi connectivity index (χ1n) is 5.78. The van der Waals surface area contributed by atoms with E-state index in [1.807, 2.05) is 0 Å². The first-order valence-corrected chi connectivity index (χ1v) is 6.58. The molecule has 0 atom stereocenters. The van der Waals surface area contributed by atoms with Crippen molar-refractivity contribution in [1.82, 2.24) is 9.97 Å². The van der Waals surface area contributed by atoms with E-state index in [4.69, 9.17) is 0 Å². The Bertz CT molecular complexity index is 893. The molecule has 1 heterocycles. The summed E-state index contributed by atoms with van der Waals surface area (Å²) in [4.78, 5) is 7.71. The minimum Gasteiger partial charge on any atom is -0.332 e. The Morgan fingerprint density at radius 1 is 0.833 bits per heavy atom. The zero-order valence-corrected chi connectivity index (χ0v) is 11.0. The molecule has 4 aromatic rings. The van der Waals surface area contributed by atoms with E-state index in [0.29, 0.717) is 0 Å². The number of hydrogen-bond acceptors (Lipinski definition) is 1. The molecule has 0 spiro atoms. The van der Waals surface area contributed by atoms with Crippen LogP contribution in [0.15, 0.2) is 53.3 Å². The first kappa shape index (κ1) is 10.1. The number of fused-ring (bicyclic) bond motifs is 5. The molecule has 0 bridgehead atoms. The second-order valence-corrected chi connectivity index (χ2v) is 5.12. The van der Waals surface area contributed by atoms with Crippen molar-refractivity contribution in [2.24, 2.45) is 0 Å². The molecule has 0 fully saturated rings. The van der Waals surface area contributed by atoms with E-state index >= 15 is 0 Å². The topological polar surface area (TPSA) is 28.7 Å². The number of nitrogens with one attached hydrogen (secondary N) is 1. The monoisotopic (exact) mass is 296 g/mol. The van der Waals surface area contributed by atoms with Crippen LogP contribution in [0.4, 0.5) is 0 Å². The SMILES string of the molecule is Brc1nc2c(ccc3c4ccccc4ccc32)[nH]1. The van der Waals surface area contributed by atoms with Gasteiger partial charge >= 0.3 is 0 Å². The lowest BCUT2D eigenvalue weighted by molar-refractivity contribution is 1.27. The van der Waals surface area contributed by atoms with Gasteiger partial charge in [-0.05, 0) is 38.2 Å². The molecule has 3 heteroatoms. The fourth-order valence-corrected chi connectivity index (χ4v) is 2.92. The summed E-state index contributed by atoms with van der Waals surface area (Å²) in [6, 6.07) is 17.0. The second kappa shape index (κ2) is 3.56. The Labute approximate surface area is 112 Å². The molecule has 0 amide bonds. The fraction of sp³-hybridized carbons (Fsp3) is 0. The summed E-state index contributed by atoms with van der Waals surface area (Å²) < 4.78 is 0.776. The van der Waals surface area contributed by atoms with Gasteiger partial charge in [0.1, 0.15) is 0 Å². The van der Waals surface area contributed by atoms with E-state index in [1.165, 1.54) is 21.5 Å². The summed E-state index contributed by atoms with van der Waals surface area (Å²) in [7, 11) is 0. The second-order valence-electron chi connectivity index (χ2n) is 4.37. The van der Waals surface area contributed by atoms with E-state index in [-0.39, 0.29) is 0 Å². The van der Waals surface area contributed by atoms with Gasteiger partial charge in [-0.1, -0.05) is 42.5 Å². The van der Waals surface area contributed by atoms with Gasteiger partial charge in [0.15, 0.2) is 4.73 Å². The van der Waals surface area contributed by atoms with Gasteiger partial charge in [0.05, 0.1) is 11.0 Å². The van der Waals surface area contributed by atoms with E-state index in [0.717, 1.165) is 15.8 Å². The Hall–Kier alpha value is -1.87. The third kappa shape index (κ3) is 1.31. The molecule has 3 aromatic carbocycles. The van der Waals surface area contributed by atoms with Crippen molar-refractivity contribution in [3.05, 3.63) is 53.3 Å².